The predicted molar refractivity (Wildman–Crippen MR) is 278 cm³/mol. The van der Waals surface area contributed by atoms with Gasteiger partial charge >= 0.3 is 0 Å². The molecule has 0 unspecified atom stereocenters. The molecule has 0 amide bonds. The van der Waals surface area contributed by atoms with Gasteiger partial charge in [-0.05, 0) is 117 Å². The molecule has 2 nitrogen and oxygen atoms in total. The van der Waals surface area contributed by atoms with Crippen molar-refractivity contribution in [1.82, 2.24) is 0 Å². The fraction of sp³-hybridized carbons (Fsp3) is 0. The molecule has 12 aromatic rings. The highest BCUT2D eigenvalue weighted by atomic mass is 32.1. The maximum Gasteiger partial charge on any atom is 0.0540 e. The SMILES string of the molecule is c1ccc2c(N(c3ccc(-c4ccc(N(c5ccc(-c6csc7ccccc67)cc5)c5cccc6ccccc56)cc4)cc3)c3ccc(-c4csc5ccccc45)cc3)cccc2c1. The molecule has 0 spiro atoms. The van der Waals surface area contributed by atoms with Gasteiger partial charge in [-0.3, -0.25) is 0 Å². The fourth-order valence-corrected chi connectivity index (χ4v) is 11.2. The molecule has 2 aromatic heterocycles. The normalized spacial score (nSPS) is 11.4. The second-order valence-electron chi connectivity index (χ2n) is 16.1. The van der Waals surface area contributed by atoms with Gasteiger partial charge in [0.05, 0.1) is 11.4 Å². The number of rotatable bonds is 9. The molecule has 0 saturated heterocycles. The molecular formula is C60H40N2S2. The number of hydrogen-bond donors (Lipinski definition) is 0. The van der Waals surface area contributed by atoms with E-state index in [1.807, 2.05) is 0 Å². The van der Waals surface area contributed by atoms with Gasteiger partial charge in [-0.15, -0.1) is 22.7 Å². The lowest BCUT2D eigenvalue weighted by molar-refractivity contribution is 1.29. The lowest BCUT2D eigenvalue weighted by atomic mass is 10.0. The lowest BCUT2D eigenvalue weighted by Crippen LogP contribution is -2.10. The van der Waals surface area contributed by atoms with Gasteiger partial charge in [-0.25, -0.2) is 0 Å². The number of nitrogens with zero attached hydrogens (tertiary/aromatic N) is 2. The Morgan fingerprint density at radius 2 is 0.562 bits per heavy atom. The van der Waals surface area contributed by atoms with E-state index in [-0.39, 0.29) is 0 Å². The molecule has 0 aliphatic carbocycles. The minimum absolute atomic E-state index is 1.10. The van der Waals surface area contributed by atoms with Crippen LogP contribution in [-0.2, 0) is 0 Å². The Kier molecular flexibility index (Phi) is 9.59. The zero-order valence-corrected chi connectivity index (χ0v) is 36.4. The van der Waals surface area contributed by atoms with Crippen LogP contribution < -0.4 is 9.80 Å². The van der Waals surface area contributed by atoms with Crippen molar-refractivity contribution in [2.45, 2.75) is 0 Å². The summed E-state index contributed by atoms with van der Waals surface area (Å²) in [5, 5.41) is 12.0. The first kappa shape index (κ1) is 38.0. The highest BCUT2D eigenvalue weighted by Gasteiger charge is 2.19. The number of anilines is 6. The van der Waals surface area contributed by atoms with Gasteiger partial charge in [0.1, 0.15) is 0 Å². The minimum atomic E-state index is 1.10. The van der Waals surface area contributed by atoms with Gasteiger partial charge in [0.15, 0.2) is 0 Å². The molecule has 0 aliphatic rings. The van der Waals surface area contributed by atoms with E-state index in [9.17, 15) is 0 Å². The Morgan fingerprint density at radius 3 is 0.953 bits per heavy atom. The van der Waals surface area contributed by atoms with Crippen molar-refractivity contribution in [3.63, 3.8) is 0 Å². The molecule has 0 atom stereocenters. The van der Waals surface area contributed by atoms with Crippen LogP contribution in [0, 0.1) is 0 Å². The first-order valence-electron chi connectivity index (χ1n) is 21.6. The molecular weight excluding hydrogens is 813 g/mol. The maximum atomic E-state index is 2.39. The van der Waals surface area contributed by atoms with E-state index in [0.29, 0.717) is 0 Å². The number of fused-ring (bicyclic) bond motifs is 4. The summed E-state index contributed by atoms with van der Waals surface area (Å²) in [4.78, 5) is 4.78. The summed E-state index contributed by atoms with van der Waals surface area (Å²) in [5.41, 5.74) is 14.1. The summed E-state index contributed by atoms with van der Waals surface area (Å²) in [5.74, 6) is 0. The molecule has 64 heavy (non-hydrogen) atoms. The zero-order valence-electron chi connectivity index (χ0n) is 34.8. The average Bonchev–Trinajstić information content (AvgIpc) is 4.01. The van der Waals surface area contributed by atoms with Gasteiger partial charge in [-0.2, -0.15) is 0 Å². The zero-order chi connectivity index (χ0) is 42.4. The molecule has 0 fully saturated rings. The van der Waals surface area contributed by atoms with Crippen LogP contribution in [0.3, 0.4) is 0 Å². The van der Waals surface area contributed by atoms with Crippen molar-refractivity contribution < 1.29 is 0 Å². The Balaban J connectivity index is 0.894. The van der Waals surface area contributed by atoms with E-state index in [1.165, 1.54) is 64.0 Å². The summed E-state index contributed by atoms with van der Waals surface area (Å²) in [6.07, 6.45) is 0. The fourth-order valence-electron chi connectivity index (χ4n) is 9.25. The smallest absolute Gasteiger partial charge is 0.0540 e. The van der Waals surface area contributed by atoms with Crippen molar-refractivity contribution in [3.8, 4) is 33.4 Å². The average molecular weight is 853 g/mol. The van der Waals surface area contributed by atoms with E-state index in [4.69, 9.17) is 0 Å². The minimum Gasteiger partial charge on any atom is -0.310 e. The first-order valence-corrected chi connectivity index (χ1v) is 23.4. The van der Waals surface area contributed by atoms with Crippen molar-refractivity contribution in [3.05, 3.63) is 241 Å². The van der Waals surface area contributed by atoms with E-state index < -0.39 is 0 Å². The number of thiophene rings is 2. The Hall–Kier alpha value is -7.76. The summed E-state index contributed by atoms with van der Waals surface area (Å²) < 4.78 is 2.62. The number of benzene rings is 10. The molecule has 10 aromatic carbocycles. The molecule has 0 aliphatic heterocycles. The van der Waals surface area contributed by atoms with Gasteiger partial charge in [0, 0.05) is 64.8 Å². The standard InChI is InChI=1S/C60H40N2S2/c1-3-15-51-43(11-1)13-9-19-57(51)61(49-35-27-45(28-36-49)55-39-63-59-21-7-5-17-53(55)59)47-31-23-41(24-32-47)42-25-33-48(34-26-42)62(58-20-10-14-44-12-2-4-16-52(44)58)50-37-29-46(30-38-50)56-40-64-60-22-8-6-18-54(56)60/h1-40H. The van der Waals surface area contributed by atoms with Gasteiger partial charge in [0.25, 0.3) is 0 Å². The first-order chi connectivity index (χ1) is 31.7. The Morgan fingerprint density at radius 1 is 0.250 bits per heavy atom. The van der Waals surface area contributed by atoms with Crippen LogP contribution in [0.25, 0.3) is 75.1 Å². The second kappa shape index (κ2) is 16.2. The van der Waals surface area contributed by atoms with Crippen LogP contribution >= 0.6 is 22.7 Å². The summed E-state index contributed by atoms with van der Waals surface area (Å²) in [7, 11) is 0. The number of hydrogen-bond acceptors (Lipinski definition) is 4. The molecule has 302 valence electrons. The molecule has 4 heteroatoms. The largest absolute Gasteiger partial charge is 0.310 e. The van der Waals surface area contributed by atoms with Gasteiger partial charge in [0.2, 0.25) is 0 Å². The lowest BCUT2D eigenvalue weighted by Gasteiger charge is -2.28. The van der Waals surface area contributed by atoms with Crippen LogP contribution in [0.1, 0.15) is 0 Å². The quantitative estimate of drug-likeness (QED) is 0.143. The Labute approximate surface area is 380 Å². The molecule has 0 bridgehead atoms. The molecule has 0 saturated carbocycles. The third-order valence-electron chi connectivity index (χ3n) is 12.4. The third-order valence-corrected chi connectivity index (χ3v) is 14.4. The van der Waals surface area contributed by atoms with Crippen LogP contribution in [0.15, 0.2) is 241 Å². The van der Waals surface area contributed by atoms with Crippen LogP contribution in [-0.4, -0.2) is 0 Å². The monoisotopic (exact) mass is 852 g/mol. The van der Waals surface area contributed by atoms with Crippen molar-refractivity contribution >= 4 is 98.5 Å². The van der Waals surface area contributed by atoms with Crippen molar-refractivity contribution in [2.24, 2.45) is 0 Å². The van der Waals surface area contributed by atoms with E-state index in [1.54, 1.807) is 22.7 Å². The topological polar surface area (TPSA) is 6.48 Å². The Bertz CT molecular complexity index is 3350. The molecule has 12 rings (SSSR count). The highest BCUT2D eigenvalue weighted by Crippen LogP contribution is 2.44. The van der Waals surface area contributed by atoms with Gasteiger partial charge in [-0.1, -0.05) is 158 Å². The second-order valence-corrected chi connectivity index (χ2v) is 18.0. The van der Waals surface area contributed by atoms with Gasteiger partial charge < -0.3 is 9.80 Å². The summed E-state index contributed by atoms with van der Waals surface area (Å²) in [6.45, 7) is 0. The molecule has 2 heterocycles. The van der Waals surface area contributed by atoms with E-state index >= 15 is 0 Å². The highest BCUT2D eigenvalue weighted by molar-refractivity contribution is 7.18. The predicted octanol–water partition coefficient (Wildman–Crippen LogP) is 18.4. The molecule has 0 radical (unpaired) electrons. The van der Waals surface area contributed by atoms with Crippen LogP contribution in [0.5, 0.6) is 0 Å². The third kappa shape index (κ3) is 6.81. The van der Waals surface area contributed by atoms with Crippen molar-refractivity contribution in [1.29, 1.82) is 0 Å². The van der Waals surface area contributed by atoms with E-state index in [2.05, 4.69) is 251 Å². The molecule has 0 N–H and O–H groups in total. The van der Waals surface area contributed by atoms with Crippen molar-refractivity contribution in [2.75, 3.05) is 9.80 Å². The van der Waals surface area contributed by atoms with Crippen LogP contribution in [0.2, 0.25) is 0 Å². The van der Waals surface area contributed by atoms with E-state index in [0.717, 1.165) is 45.3 Å². The summed E-state index contributed by atoms with van der Waals surface area (Å²) >= 11 is 3.60. The maximum absolute atomic E-state index is 2.39. The summed E-state index contributed by atoms with van der Waals surface area (Å²) in [6, 6.07) is 83.9. The van der Waals surface area contributed by atoms with Crippen LogP contribution in [0.4, 0.5) is 34.1 Å².